The second-order valence-corrected chi connectivity index (χ2v) is 6.69. The number of alkyl halides is 1. The van der Waals surface area contributed by atoms with Gasteiger partial charge >= 0.3 is 0 Å². The van der Waals surface area contributed by atoms with Gasteiger partial charge in [-0.15, -0.1) is 11.6 Å². The van der Waals surface area contributed by atoms with E-state index in [1.54, 1.807) is 22.5 Å². The molecule has 0 N–H and O–H groups in total. The summed E-state index contributed by atoms with van der Waals surface area (Å²) in [7, 11) is -1.37. The van der Waals surface area contributed by atoms with E-state index < -0.39 is 10.0 Å². The van der Waals surface area contributed by atoms with Crippen LogP contribution < -0.4 is 0 Å². The molecule has 1 aliphatic rings. The highest BCUT2D eigenvalue weighted by molar-refractivity contribution is 7.89. The average molecular weight is 289 g/mol. The maximum absolute atomic E-state index is 12.4. The van der Waals surface area contributed by atoms with Crippen LogP contribution in [0, 0.1) is 0 Å². The number of halogens is 1. The first-order valence-corrected chi connectivity index (χ1v) is 7.85. The predicted octanol–water partition coefficient (Wildman–Crippen LogP) is 1.36. The fourth-order valence-corrected chi connectivity index (χ4v) is 3.63. The zero-order valence-corrected chi connectivity index (χ0v) is 11.9. The normalized spacial score (nSPS) is 19.0. The Bertz CT molecular complexity index is 511. The van der Waals surface area contributed by atoms with Crippen molar-refractivity contribution in [1.82, 2.24) is 9.21 Å². The molecule has 1 saturated heterocycles. The third-order valence-corrected chi connectivity index (χ3v) is 5.36. The van der Waals surface area contributed by atoms with Gasteiger partial charge in [-0.2, -0.15) is 4.31 Å². The van der Waals surface area contributed by atoms with Crippen LogP contribution >= 0.6 is 11.6 Å². The summed E-state index contributed by atoms with van der Waals surface area (Å²) in [5.74, 6) is 0.325. The van der Waals surface area contributed by atoms with Crippen molar-refractivity contribution in [2.24, 2.45) is 0 Å². The van der Waals surface area contributed by atoms with E-state index in [1.165, 1.54) is 0 Å². The smallest absolute Gasteiger partial charge is 0.243 e. The van der Waals surface area contributed by atoms with Crippen LogP contribution in [0.1, 0.15) is 5.56 Å². The molecule has 1 aliphatic heterocycles. The first-order chi connectivity index (χ1) is 8.54. The summed E-state index contributed by atoms with van der Waals surface area (Å²) in [4.78, 5) is 2.46. The minimum atomic E-state index is -3.37. The van der Waals surface area contributed by atoms with Crippen molar-refractivity contribution in [1.29, 1.82) is 0 Å². The van der Waals surface area contributed by atoms with E-state index in [1.807, 2.05) is 13.1 Å². The van der Waals surface area contributed by atoms with Gasteiger partial charge < -0.3 is 4.90 Å². The van der Waals surface area contributed by atoms with Gasteiger partial charge in [-0.05, 0) is 24.7 Å². The Morgan fingerprint density at radius 2 is 1.89 bits per heavy atom. The van der Waals surface area contributed by atoms with Crippen LogP contribution in [0.3, 0.4) is 0 Å². The molecule has 0 aliphatic carbocycles. The van der Waals surface area contributed by atoms with Crippen LogP contribution in [0.15, 0.2) is 29.2 Å². The van der Waals surface area contributed by atoms with Crippen LogP contribution in [-0.4, -0.2) is 50.8 Å². The number of hydrogen-bond acceptors (Lipinski definition) is 3. The van der Waals surface area contributed by atoms with Crippen LogP contribution in [0.4, 0.5) is 0 Å². The lowest BCUT2D eigenvalue weighted by atomic mass is 10.2. The standard InChI is InChI=1S/C12H17ClN2O2S/c1-14-5-7-15(8-6-14)18(16,17)12-4-2-3-11(9-12)10-13/h2-4,9H,5-8,10H2,1H3. The zero-order chi connectivity index (χ0) is 13.2. The van der Waals surface area contributed by atoms with Gasteiger partial charge in [0.1, 0.15) is 0 Å². The van der Waals surface area contributed by atoms with Gasteiger partial charge in [0, 0.05) is 32.1 Å². The topological polar surface area (TPSA) is 40.6 Å². The maximum atomic E-state index is 12.4. The molecule has 0 amide bonds. The van der Waals surface area contributed by atoms with Gasteiger partial charge in [0.25, 0.3) is 0 Å². The lowest BCUT2D eigenvalue weighted by molar-refractivity contribution is 0.222. The number of rotatable bonds is 3. The molecule has 0 unspecified atom stereocenters. The van der Waals surface area contributed by atoms with Crippen molar-refractivity contribution in [3.8, 4) is 0 Å². The van der Waals surface area contributed by atoms with Gasteiger partial charge in [0.15, 0.2) is 0 Å². The van der Waals surface area contributed by atoms with E-state index in [0.29, 0.717) is 23.9 Å². The van der Waals surface area contributed by atoms with E-state index in [-0.39, 0.29) is 0 Å². The van der Waals surface area contributed by atoms with Crippen LogP contribution in [0.25, 0.3) is 0 Å². The molecular formula is C12H17ClN2O2S. The summed E-state index contributed by atoms with van der Waals surface area (Å²) >= 11 is 5.74. The predicted molar refractivity (Wildman–Crippen MR) is 72.3 cm³/mol. The van der Waals surface area contributed by atoms with Crippen molar-refractivity contribution >= 4 is 21.6 Å². The molecule has 1 aromatic rings. The molecule has 18 heavy (non-hydrogen) atoms. The Morgan fingerprint density at radius 1 is 1.22 bits per heavy atom. The summed E-state index contributed by atoms with van der Waals surface area (Å²) in [5.41, 5.74) is 0.826. The van der Waals surface area contributed by atoms with E-state index in [9.17, 15) is 8.42 Å². The van der Waals surface area contributed by atoms with E-state index >= 15 is 0 Å². The zero-order valence-electron chi connectivity index (χ0n) is 10.3. The minimum absolute atomic E-state index is 0.325. The van der Waals surface area contributed by atoms with Crippen LogP contribution in [0.5, 0.6) is 0 Å². The third kappa shape index (κ3) is 2.85. The molecule has 0 radical (unpaired) electrons. The van der Waals surface area contributed by atoms with Gasteiger partial charge in [0.05, 0.1) is 4.90 Å². The lowest BCUT2D eigenvalue weighted by Gasteiger charge is -2.31. The first kappa shape index (κ1) is 13.8. The Balaban J connectivity index is 2.24. The van der Waals surface area contributed by atoms with Crippen molar-refractivity contribution in [3.63, 3.8) is 0 Å². The highest BCUT2D eigenvalue weighted by Crippen LogP contribution is 2.19. The molecule has 6 heteroatoms. The molecule has 1 aromatic carbocycles. The maximum Gasteiger partial charge on any atom is 0.243 e. The second kappa shape index (κ2) is 5.57. The number of hydrogen-bond donors (Lipinski definition) is 0. The second-order valence-electron chi connectivity index (χ2n) is 4.49. The van der Waals surface area contributed by atoms with E-state index in [2.05, 4.69) is 4.90 Å². The number of sulfonamides is 1. The fourth-order valence-electron chi connectivity index (χ4n) is 1.97. The van der Waals surface area contributed by atoms with Gasteiger partial charge in [-0.3, -0.25) is 0 Å². The van der Waals surface area contributed by atoms with Crippen molar-refractivity contribution in [2.45, 2.75) is 10.8 Å². The summed E-state index contributed by atoms with van der Waals surface area (Å²) in [6.45, 7) is 2.64. The summed E-state index contributed by atoms with van der Waals surface area (Å²) in [6, 6.07) is 6.85. The summed E-state index contributed by atoms with van der Waals surface area (Å²) in [6.07, 6.45) is 0. The Kier molecular flexibility index (Phi) is 4.27. The quantitative estimate of drug-likeness (QED) is 0.789. The van der Waals surface area contributed by atoms with Gasteiger partial charge in [-0.25, -0.2) is 8.42 Å². The molecule has 0 spiro atoms. The molecule has 1 heterocycles. The minimum Gasteiger partial charge on any atom is -0.304 e. The summed E-state index contributed by atoms with van der Waals surface area (Å²) in [5, 5.41) is 0. The van der Waals surface area contributed by atoms with Crippen molar-refractivity contribution in [2.75, 3.05) is 33.2 Å². The monoisotopic (exact) mass is 288 g/mol. The highest BCUT2D eigenvalue weighted by Gasteiger charge is 2.27. The van der Waals surface area contributed by atoms with Crippen LogP contribution in [0.2, 0.25) is 0 Å². The Labute approximate surface area is 113 Å². The van der Waals surface area contributed by atoms with Crippen molar-refractivity contribution in [3.05, 3.63) is 29.8 Å². The van der Waals surface area contributed by atoms with Gasteiger partial charge in [0.2, 0.25) is 10.0 Å². The molecule has 0 saturated carbocycles. The lowest BCUT2D eigenvalue weighted by Crippen LogP contribution is -2.47. The molecule has 4 nitrogen and oxygen atoms in total. The molecular weight excluding hydrogens is 272 g/mol. The largest absolute Gasteiger partial charge is 0.304 e. The molecule has 100 valence electrons. The molecule has 1 fully saturated rings. The fraction of sp³-hybridized carbons (Fsp3) is 0.500. The number of likely N-dealkylation sites (N-methyl/N-ethyl adjacent to an activating group) is 1. The summed E-state index contributed by atoms with van der Waals surface area (Å²) < 4.78 is 26.4. The van der Waals surface area contributed by atoms with Gasteiger partial charge in [-0.1, -0.05) is 12.1 Å². The highest BCUT2D eigenvalue weighted by atomic mass is 35.5. The first-order valence-electron chi connectivity index (χ1n) is 5.87. The molecule has 0 bridgehead atoms. The van der Waals surface area contributed by atoms with Crippen molar-refractivity contribution < 1.29 is 8.42 Å². The van der Waals surface area contributed by atoms with E-state index in [4.69, 9.17) is 11.6 Å². The molecule has 0 aromatic heterocycles. The number of benzene rings is 1. The molecule has 2 rings (SSSR count). The average Bonchev–Trinajstić information content (AvgIpc) is 2.39. The third-order valence-electron chi connectivity index (χ3n) is 3.15. The number of piperazine rings is 1. The Hall–Kier alpha value is -0.620. The number of nitrogens with zero attached hydrogens (tertiary/aromatic N) is 2. The molecule has 0 atom stereocenters. The van der Waals surface area contributed by atoms with E-state index in [0.717, 1.165) is 18.7 Å². The SMILES string of the molecule is CN1CCN(S(=O)(=O)c2cccc(CCl)c2)CC1. The Morgan fingerprint density at radius 3 is 2.50 bits per heavy atom. The van der Waals surface area contributed by atoms with Crippen LogP contribution in [-0.2, 0) is 15.9 Å².